The monoisotopic (exact) mass is 287 g/mol. The van der Waals surface area contributed by atoms with Gasteiger partial charge in [-0.15, -0.1) is 0 Å². The summed E-state index contributed by atoms with van der Waals surface area (Å²) in [7, 11) is 0. The first-order valence-electron chi connectivity index (χ1n) is 7.04. The second-order valence-corrected chi connectivity index (χ2v) is 5.27. The Kier molecular flexibility index (Phi) is 4.62. The van der Waals surface area contributed by atoms with E-state index in [1.165, 1.54) is 0 Å². The van der Waals surface area contributed by atoms with Gasteiger partial charge in [0, 0.05) is 17.7 Å². The number of anilines is 1. The molecule has 2 aromatic rings. The highest BCUT2D eigenvalue weighted by molar-refractivity contribution is 5.76. The number of benzene rings is 1. The van der Waals surface area contributed by atoms with Crippen molar-refractivity contribution in [1.29, 1.82) is 0 Å². The van der Waals surface area contributed by atoms with Crippen LogP contribution >= 0.6 is 0 Å². The molecule has 1 amide bonds. The first-order chi connectivity index (χ1) is 9.97. The van der Waals surface area contributed by atoms with E-state index in [0.717, 1.165) is 28.3 Å². The van der Waals surface area contributed by atoms with E-state index in [0.29, 0.717) is 12.8 Å². The molecular formula is C16H21N3O2. The molecule has 0 saturated carbocycles. The molecule has 1 atom stereocenters. The maximum Gasteiger partial charge on any atom is 0.220 e. The molecule has 0 bridgehead atoms. The summed E-state index contributed by atoms with van der Waals surface area (Å²) >= 11 is 0. The zero-order valence-electron chi connectivity index (χ0n) is 12.6. The maximum atomic E-state index is 12.0. The lowest BCUT2D eigenvalue weighted by molar-refractivity contribution is -0.121. The van der Waals surface area contributed by atoms with Gasteiger partial charge < -0.3 is 15.6 Å². The Morgan fingerprint density at radius 3 is 2.57 bits per heavy atom. The lowest BCUT2D eigenvalue weighted by Gasteiger charge is -2.13. The van der Waals surface area contributed by atoms with Crippen LogP contribution in [0, 0.1) is 13.8 Å². The minimum absolute atomic E-state index is 0.0133. The summed E-state index contributed by atoms with van der Waals surface area (Å²) in [6, 6.07) is 7.48. The van der Waals surface area contributed by atoms with Crippen LogP contribution in [0.5, 0.6) is 0 Å². The topological polar surface area (TPSA) is 81.2 Å². The van der Waals surface area contributed by atoms with E-state index in [2.05, 4.69) is 10.5 Å². The molecule has 1 unspecified atom stereocenters. The number of aromatic nitrogens is 1. The fourth-order valence-corrected chi connectivity index (χ4v) is 2.44. The molecule has 0 spiro atoms. The zero-order chi connectivity index (χ0) is 15.4. The van der Waals surface area contributed by atoms with Crippen molar-refractivity contribution in [2.75, 3.05) is 5.73 Å². The average Bonchev–Trinajstić information content (AvgIpc) is 2.77. The summed E-state index contributed by atoms with van der Waals surface area (Å²) in [6.07, 6.45) is 1.14. The first kappa shape index (κ1) is 15.1. The molecule has 0 fully saturated rings. The van der Waals surface area contributed by atoms with Crippen molar-refractivity contribution < 1.29 is 9.32 Å². The van der Waals surface area contributed by atoms with E-state index in [-0.39, 0.29) is 11.9 Å². The second kappa shape index (κ2) is 6.43. The number of carbonyl (C=O) groups is 1. The first-order valence-corrected chi connectivity index (χ1v) is 7.04. The number of nitrogens with one attached hydrogen (secondary N) is 1. The molecule has 0 aliphatic heterocycles. The summed E-state index contributed by atoms with van der Waals surface area (Å²) < 4.78 is 5.13. The fraction of sp³-hybridized carbons (Fsp3) is 0.375. The smallest absolute Gasteiger partial charge is 0.220 e. The Labute approximate surface area is 124 Å². The fourth-order valence-electron chi connectivity index (χ4n) is 2.44. The van der Waals surface area contributed by atoms with Crippen molar-refractivity contribution >= 4 is 11.6 Å². The normalized spacial score (nSPS) is 12.1. The minimum atomic E-state index is -0.102. The van der Waals surface area contributed by atoms with Gasteiger partial charge in [0.05, 0.1) is 11.7 Å². The van der Waals surface area contributed by atoms with Crippen LogP contribution in [0.15, 0.2) is 28.8 Å². The summed E-state index contributed by atoms with van der Waals surface area (Å²) in [5.41, 5.74) is 9.24. The van der Waals surface area contributed by atoms with Gasteiger partial charge in [-0.2, -0.15) is 0 Å². The van der Waals surface area contributed by atoms with E-state index in [1.54, 1.807) is 0 Å². The summed E-state index contributed by atoms with van der Waals surface area (Å²) in [5.74, 6) is 0.762. The van der Waals surface area contributed by atoms with Crippen molar-refractivity contribution in [3.8, 4) is 0 Å². The van der Waals surface area contributed by atoms with Gasteiger partial charge in [-0.1, -0.05) is 17.3 Å². The quantitative estimate of drug-likeness (QED) is 0.828. The van der Waals surface area contributed by atoms with Gasteiger partial charge in [0.2, 0.25) is 5.91 Å². The van der Waals surface area contributed by atoms with E-state index in [1.807, 2.05) is 45.0 Å². The van der Waals surface area contributed by atoms with E-state index in [4.69, 9.17) is 10.3 Å². The number of nitrogens with zero attached hydrogens (tertiary/aromatic N) is 1. The number of carbonyl (C=O) groups excluding carboxylic acids is 1. The molecular weight excluding hydrogens is 266 g/mol. The highest BCUT2D eigenvalue weighted by Gasteiger charge is 2.17. The molecule has 1 aromatic carbocycles. The third-order valence-electron chi connectivity index (χ3n) is 3.52. The van der Waals surface area contributed by atoms with Crippen molar-refractivity contribution in [1.82, 2.24) is 10.5 Å². The Morgan fingerprint density at radius 1 is 1.33 bits per heavy atom. The molecule has 0 aliphatic carbocycles. The largest absolute Gasteiger partial charge is 0.399 e. The molecule has 1 heterocycles. The van der Waals surface area contributed by atoms with Crippen LogP contribution in [0.3, 0.4) is 0 Å². The summed E-state index contributed by atoms with van der Waals surface area (Å²) in [4.78, 5) is 12.0. The molecule has 1 aromatic heterocycles. The van der Waals surface area contributed by atoms with Crippen LogP contribution in [0.1, 0.15) is 42.0 Å². The lowest BCUT2D eigenvalue weighted by atomic mass is 10.1. The van der Waals surface area contributed by atoms with Crippen LogP contribution in [0.4, 0.5) is 5.69 Å². The predicted octanol–water partition coefficient (Wildman–Crippen LogP) is 2.68. The molecule has 3 N–H and O–H groups in total. The zero-order valence-corrected chi connectivity index (χ0v) is 12.6. The van der Waals surface area contributed by atoms with Gasteiger partial charge in [-0.25, -0.2) is 0 Å². The van der Waals surface area contributed by atoms with Crippen LogP contribution in [0.2, 0.25) is 0 Å². The third-order valence-corrected chi connectivity index (χ3v) is 3.52. The molecule has 112 valence electrons. The highest BCUT2D eigenvalue weighted by atomic mass is 16.5. The van der Waals surface area contributed by atoms with Gasteiger partial charge in [0.15, 0.2) is 0 Å². The number of hydrogen-bond acceptors (Lipinski definition) is 4. The number of amides is 1. The van der Waals surface area contributed by atoms with Crippen molar-refractivity contribution in [2.45, 2.75) is 39.7 Å². The van der Waals surface area contributed by atoms with Gasteiger partial charge >= 0.3 is 0 Å². The van der Waals surface area contributed by atoms with Crippen molar-refractivity contribution in [3.63, 3.8) is 0 Å². The van der Waals surface area contributed by atoms with E-state index >= 15 is 0 Å². The van der Waals surface area contributed by atoms with Gasteiger partial charge in [0.1, 0.15) is 5.76 Å². The maximum absolute atomic E-state index is 12.0. The number of nitrogen functional groups attached to an aromatic ring is 1. The van der Waals surface area contributed by atoms with Gasteiger partial charge in [-0.05, 0) is 44.9 Å². The van der Waals surface area contributed by atoms with Crippen LogP contribution < -0.4 is 11.1 Å². The van der Waals surface area contributed by atoms with Crippen LogP contribution in [-0.2, 0) is 11.2 Å². The molecule has 21 heavy (non-hydrogen) atoms. The highest BCUT2D eigenvalue weighted by Crippen LogP contribution is 2.21. The molecule has 0 aliphatic rings. The number of rotatable bonds is 5. The predicted molar refractivity (Wildman–Crippen MR) is 81.7 cm³/mol. The number of aryl methyl sites for hydroxylation is 3. The third kappa shape index (κ3) is 3.84. The molecule has 5 heteroatoms. The Hall–Kier alpha value is -2.30. The lowest BCUT2D eigenvalue weighted by Crippen LogP contribution is -2.27. The Balaban J connectivity index is 1.88. The van der Waals surface area contributed by atoms with Gasteiger partial charge in [0.25, 0.3) is 0 Å². The molecule has 0 radical (unpaired) electrons. The minimum Gasteiger partial charge on any atom is -0.399 e. The van der Waals surface area contributed by atoms with E-state index in [9.17, 15) is 4.79 Å². The number of nitrogens with two attached hydrogens (primary N) is 1. The SMILES string of the molecule is Cc1noc(C)c1C(C)NC(=O)CCc1ccc(N)cc1. The Bertz CT molecular complexity index is 597. The van der Waals surface area contributed by atoms with Crippen LogP contribution in [-0.4, -0.2) is 11.1 Å². The summed E-state index contributed by atoms with van der Waals surface area (Å²) in [6.45, 7) is 5.67. The Morgan fingerprint density at radius 2 is 2.00 bits per heavy atom. The molecule has 2 rings (SSSR count). The molecule has 0 saturated heterocycles. The number of hydrogen-bond donors (Lipinski definition) is 2. The van der Waals surface area contributed by atoms with Gasteiger partial charge in [-0.3, -0.25) is 4.79 Å². The second-order valence-electron chi connectivity index (χ2n) is 5.27. The standard InChI is InChI=1S/C16H21N3O2/c1-10(16-11(2)19-21-12(16)3)18-15(20)9-6-13-4-7-14(17)8-5-13/h4-5,7-8,10H,6,9,17H2,1-3H3,(H,18,20). The average molecular weight is 287 g/mol. The molecule has 5 nitrogen and oxygen atoms in total. The van der Waals surface area contributed by atoms with Crippen LogP contribution in [0.25, 0.3) is 0 Å². The summed E-state index contributed by atoms with van der Waals surface area (Å²) in [5, 5.41) is 6.89. The van der Waals surface area contributed by atoms with Crippen molar-refractivity contribution in [3.05, 3.63) is 46.8 Å². The van der Waals surface area contributed by atoms with Crippen molar-refractivity contribution in [2.24, 2.45) is 0 Å². The van der Waals surface area contributed by atoms with E-state index < -0.39 is 0 Å².